The predicted molar refractivity (Wildman–Crippen MR) is 110 cm³/mol. The monoisotopic (exact) mass is 394 g/mol. The van der Waals surface area contributed by atoms with Gasteiger partial charge in [-0.15, -0.1) is 11.3 Å². The van der Waals surface area contributed by atoms with Gasteiger partial charge in [0.05, 0.1) is 19.2 Å². The third kappa shape index (κ3) is 4.14. The number of anilines is 2. The van der Waals surface area contributed by atoms with Crippen LogP contribution in [0.5, 0.6) is 5.75 Å². The number of nitrogens with one attached hydrogen (secondary N) is 1. The first kappa shape index (κ1) is 18.4. The van der Waals surface area contributed by atoms with E-state index in [0.29, 0.717) is 13.0 Å². The van der Waals surface area contributed by atoms with Gasteiger partial charge in [0.2, 0.25) is 5.91 Å². The summed E-state index contributed by atoms with van der Waals surface area (Å²) in [5, 5.41) is 5.88. The highest BCUT2D eigenvalue weighted by molar-refractivity contribution is 7.13. The number of amides is 1. The van der Waals surface area contributed by atoms with E-state index in [4.69, 9.17) is 4.74 Å². The Balaban J connectivity index is 1.38. The first-order chi connectivity index (χ1) is 13.6. The third-order valence-electron chi connectivity index (χ3n) is 4.81. The van der Waals surface area contributed by atoms with Crippen molar-refractivity contribution in [2.45, 2.75) is 26.3 Å². The van der Waals surface area contributed by atoms with Gasteiger partial charge in [-0.3, -0.25) is 4.79 Å². The van der Waals surface area contributed by atoms with E-state index >= 15 is 0 Å². The summed E-state index contributed by atoms with van der Waals surface area (Å²) >= 11 is 1.48. The highest BCUT2D eigenvalue weighted by Gasteiger charge is 2.22. The van der Waals surface area contributed by atoms with Gasteiger partial charge < -0.3 is 15.0 Å². The average Bonchev–Trinajstić information content (AvgIpc) is 3.13. The van der Waals surface area contributed by atoms with Crippen molar-refractivity contribution in [2.24, 2.45) is 0 Å². The minimum atomic E-state index is 0.104. The third-order valence-corrected chi connectivity index (χ3v) is 5.62. The molecule has 0 spiro atoms. The molecule has 0 saturated carbocycles. The van der Waals surface area contributed by atoms with E-state index in [1.165, 1.54) is 22.5 Å². The van der Waals surface area contributed by atoms with E-state index in [2.05, 4.69) is 21.4 Å². The van der Waals surface area contributed by atoms with Crippen LogP contribution in [0, 0.1) is 6.92 Å². The second-order valence-corrected chi connectivity index (χ2v) is 7.72. The van der Waals surface area contributed by atoms with E-state index in [-0.39, 0.29) is 5.91 Å². The number of pyridine rings is 1. The summed E-state index contributed by atoms with van der Waals surface area (Å²) in [4.78, 5) is 23.5. The fourth-order valence-electron chi connectivity index (χ4n) is 3.30. The Kier molecular flexibility index (Phi) is 5.25. The summed E-state index contributed by atoms with van der Waals surface area (Å²) in [7, 11) is 1.67. The Morgan fingerprint density at radius 1 is 1.29 bits per heavy atom. The second-order valence-electron chi connectivity index (χ2n) is 6.86. The Labute approximate surface area is 168 Å². The lowest BCUT2D eigenvalue weighted by molar-refractivity contribution is -0.131. The zero-order chi connectivity index (χ0) is 19.5. The van der Waals surface area contributed by atoms with Crippen molar-refractivity contribution in [1.29, 1.82) is 0 Å². The lowest BCUT2D eigenvalue weighted by atomic mass is 9.99. The molecule has 0 radical (unpaired) electrons. The predicted octanol–water partition coefficient (Wildman–Crippen LogP) is 3.73. The van der Waals surface area contributed by atoms with Crippen LogP contribution in [0.1, 0.15) is 22.4 Å². The van der Waals surface area contributed by atoms with Crippen LogP contribution in [0.4, 0.5) is 10.9 Å². The molecule has 7 heteroatoms. The van der Waals surface area contributed by atoms with E-state index in [0.717, 1.165) is 40.9 Å². The van der Waals surface area contributed by atoms with Crippen LogP contribution in [0.3, 0.4) is 0 Å². The number of aromatic nitrogens is 2. The summed E-state index contributed by atoms with van der Waals surface area (Å²) in [6, 6.07) is 9.98. The first-order valence-electron chi connectivity index (χ1n) is 9.18. The maximum absolute atomic E-state index is 12.7. The number of nitrogens with zero attached hydrogens (tertiary/aromatic N) is 3. The summed E-state index contributed by atoms with van der Waals surface area (Å²) in [5.41, 5.74) is 4.36. The SMILES string of the molecule is COc1ccc2c(c1)CCN(C(=O)Cc1csc(Nc3cc(C)ccn3)n1)C2. The number of methoxy groups -OCH3 is 1. The van der Waals surface area contributed by atoms with Crippen LogP contribution >= 0.6 is 11.3 Å². The van der Waals surface area contributed by atoms with Gasteiger partial charge in [0.25, 0.3) is 0 Å². The molecule has 1 aliphatic rings. The molecule has 1 aromatic carbocycles. The van der Waals surface area contributed by atoms with E-state index in [1.807, 2.05) is 41.5 Å². The van der Waals surface area contributed by atoms with Crippen LogP contribution in [0.25, 0.3) is 0 Å². The highest BCUT2D eigenvalue weighted by atomic mass is 32.1. The van der Waals surface area contributed by atoms with Gasteiger partial charge in [0.1, 0.15) is 11.6 Å². The number of thiazole rings is 1. The molecule has 0 atom stereocenters. The van der Waals surface area contributed by atoms with Crippen LogP contribution in [-0.2, 0) is 24.2 Å². The molecule has 2 aromatic heterocycles. The topological polar surface area (TPSA) is 67.3 Å². The number of carbonyl (C=O) groups is 1. The summed E-state index contributed by atoms with van der Waals surface area (Å²) in [5.74, 6) is 1.73. The number of carbonyl (C=O) groups excluding carboxylic acids is 1. The van der Waals surface area contributed by atoms with Crippen molar-refractivity contribution < 1.29 is 9.53 Å². The van der Waals surface area contributed by atoms with Gasteiger partial charge in [0, 0.05) is 24.7 Å². The molecule has 0 bridgehead atoms. The van der Waals surface area contributed by atoms with Gasteiger partial charge in [-0.05, 0) is 54.3 Å². The van der Waals surface area contributed by atoms with Gasteiger partial charge in [0.15, 0.2) is 5.13 Å². The number of hydrogen-bond acceptors (Lipinski definition) is 6. The summed E-state index contributed by atoms with van der Waals surface area (Å²) in [6.07, 6.45) is 2.92. The number of rotatable bonds is 5. The van der Waals surface area contributed by atoms with Crippen molar-refractivity contribution in [3.05, 3.63) is 64.3 Å². The van der Waals surface area contributed by atoms with Gasteiger partial charge in [-0.2, -0.15) is 0 Å². The van der Waals surface area contributed by atoms with Crippen LogP contribution in [0.15, 0.2) is 41.9 Å². The van der Waals surface area contributed by atoms with Crippen LogP contribution < -0.4 is 10.1 Å². The number of hydrogen-bond donors (Lipinski definition) is 1. The molecule has 4 rings (SSSR count). The zero-order valence-corrected chi connectivity index (χ0v) is 16.8. The molecule has 0 fully saturated rings. The lowest BCUT2D eigenvalue weighted by Gasteiger charge is -2.29. The van der Waals surface area contributed by atoms with E-state index < -0.39 is 0 Å². The number of ether oxygens (including phenoxy) is 1. The number of fused-ring (bicyclic) bond motifs is 1. The minimum absolute atomic E-state index is 0.104. The molecular weight excluding hydrogens is 372 g/mol. The fourth-order valence-corrected chi connectivity index (χ4v) is 4.01. The van der Waals surface area contributed by atoms with Crippen LogP contribution in [-0.4, -0.2) is 34.4 Å². The molecule has 1 aliphatic heterocycles. The van der Waals surface area contributed by atoms with Crippen molar-refractivity contribution in [3.63, 3.8) is 0 Å². The number of aryl methyl sites for hydroxylation is 1. The van der Waals surface area contributed by atoms with Crippen molar-refractivity contribution in [3.8, 4) is 5.75 Å². The van der Waals surface area contributed by atoms with Gasteiger partial charge in [-0.1, -0.05) is 6.07 Å². The maximum atomic E-state index is 12.7. The standard InChI is InChI=1S/C21H22N4O2S/c1-14-5-7-22-19(9-14)24-21-23-17(13-28-21)11-20(26)25-8-6-15-10-18(27-2)4-3-16(15)12-25/h3-5,7,9-10,13H,6,8,11-12H2,1-2H3,(H,22,23,24). The molecule has 28 heavy (non-hydrogen) atoms. The van der Waals surface area contributed by atoms with Gasteiger partial charge in [-0.25, -0.2) is 9.97 Å². The van der Waals surface area contributed by atoms with Crippen molar-refractivity contribution in [2.75, 3.05) is 19.0 Å². The first-order valence-corrected chi connectivity index (χ1v) is 10.1. The molecule has 6 nitrogen and oxygen atoms in total. The summed E-state index contributed by atoms with van der Waals surface area (Å²) < 4.78 is 5.29. The Bertz CT molecular complexity index is 1000. The molecule has 0 unspecified atom stereocenters. The van der Waals surface area contributed by atoms with Crippen molar-refractivity contribution in [1.82, 2.24) is 14.9 Å². The minimum Gasteiger partial charge on any atom is -0.497 e. The molecule has 144 valence electrons. The molecule has 1 N–H and O–H groups in total. The molecule has 0 saturated heterocycles. The largest absolute Gasteiger partial charge is 0.497 e. The normalized spacial score (nSPS) is 13.1. The average molecular weight is 395 g/mol. The summed E-state index contributed by atoms with van der Waals surface area (Å²) in [6.45, 7) is 3.38. The smallest absolute Gasteiger partial charge is 0.228 e. The van der Waals surface area contributed by atoms with Crippen LogP contribution in [0.2, 0.25) is 0 Å². The maximum Gasteiger partial charge on any atom is 0.228 e. The second kappa shape index (κ2) is 7.98. The number of benzene rings is 1. The zero-order valence-electron chi connectivity index (χ0n) is 15.9. The molecule has 1 amide bonds. The molecule has 0 aliphatic carbocycles. The highest BCUT2D eigenvalue weighted by Crippen LogP contribution is 2.25. The van der Waals surface area contributed by atoms with Crippen molar-refractivity contribution >= 4 is 28.2 Å². The van der Waals surface area contributed by atoms with E-state index in [1.54, 1.807) is 13.3 Å². The Hall–Kier alpha value is -2.93. The fraction of sp³-hybridized carbons (Fsp3) is 0.286. The Morgan fingerprint density at radius 2 is 2.18 bits per heavy atom. The Morgan fingerprint density at radius 3 is 3.00 bits per heavy atom. The van der Waals surface area contributed by atoms with Gasteiger partial charge >= 0.3 is 0 Å². The molecule has 3 heterocycles. The van der Waals surface area contributed by atoms with E-state index in [9.17, 15) is 4.79 Å². The molecular formula is C21H22N4O2S. The quantitative estimate of drug-likeness (QED) is 0.714. The molecule has 3 aromatic rings. The lowest BCUT2D eigenvalue weighted by Crippen LogP contribution is -2.36.